The molecule has 0 aromatic carbocycles. The smallest absolute Gasteiger partial charge is 0.226 e. The second kappa shape index (κ2) is 8.24. The van der Waals surface area contributed by atoms with Crippen molar-refractivity contribution < 1.29 is 9.26 Å². The van der Waals surface area contributed by atoms with Crippen molar-refractivity contribution in [1.29, 1.82) is 0 Å². The third kappa shape index (κ3) is 5.23. The quantitative estimate of drug-likeness (QED) is 0.648. The van der Waals surface area contributed by atoms with Crippen molar-refractivity contribution in [2.24, 2.45) is 0 Å². The minimum atomic E-state index is 0.432. The number of ether oxygens (including phenoxy) is 1. The fourth-order valence-electron chi connectivity index (χ4n) is 1.27. The molecule has 5 nitrogen and oxygen atoms in total. The van der Waals surface area contributed by atoms with Gasteiger partial charge in [0.25, 0.3) is 0 Å². The number of hydrogen-bond acceptors (Lipinski definition) is 5. The minimum Gasteiger partial charge on any atom is -0.372 e. The zero-order valence-corrected chi connectivity index (χ0v) is 10.2. The zero-order valence-electron chi connectivity index (χ0n) is 10.2. The number of hydrogen-bond donors (Lipinski definition) is 1. The summed E-state index contributed by atoms with van der Waals surface area (Å²) in [4.78, 5) is 4.21. The second-order valence-electron chi connectivity index (χ2n) is 3.66. The maximum atomic E-state index is 5.41. The fourth-order valence-corrected chi connectivity index (χ4v) is 1.27. The molecule has 0 aliphatic heterocycles. The third-order valence-electron chi connectivity index (χ3n) is 2.06. The lowest BCUT2D eigenvalue weighted by Crippen LogP contribution is -2.20. The first kappa shape index (κ1) is 13.1. The van der Waals surface area contributed by atoms with Crippen molar-refractivity contribution in [2.75, 3.05) is 19.7 Å². The van der Waals surface area contributed by atoms with E-state index in [0.717, 1.165) is 32.4 Å². The molecular weight excluding hydrogens is 206 g/mol. The van der Waals surface area contributed by atoms with Crippen molar-refractivity contribution in [2.45, 2.75) is 39.7 Å². The van der Waals surface area contributed by atoms with Gasteiger partial charge in [0.2, 0.25) is 5.89 Å². The number of nitrogens with zero attached hydrogens (tertiary/aromatic N) is 2. The van der Waals surface area contributed by atoms with E-state index in [2.05, 4.69) is 29.3 Å². The molecule has 0 fully saturated rings. The monoisotopic (exact) mass is 227 g/mol. The molecule has 92 valence electrons. The molecule has 0 amide bonds. The van der Waals surface area contributed by atoms with Crippen molar-refractivity contribution in [3.63, 3.8) is 0 Å². The lowest BCUT2D eigenvalue weighted by molar-refractivity contribution is 0.115. The molecule has 0 spiro atoms. The van der Waals surface area contributed by atoms with Gasteiger partial charge < -0.3 is 14.6 Å². The Bertz CT molecular complexity index is 276. The van der Waals surface area contributed by atoms with E-state index in [4.69, 9.17) is 9.26 Å². The maximum Gasteiger partial charge on any atom is 0.226 e. The predicted molar refractivity (Wildman–Crippen MR) is 61.1 cm³/mol. The van der Waals surface area contributed by atoms with E-state index < -0.39 is 0 Å². The molecule has 0 unspecified atom stereocenters. The summed E-state index contributed by atoms with van der Waals surface area (Å²) in [6, 6.07) is 0. The lowest BCUT2D eigenvalue weighted by atomic mass is 10.3. The van der Waals surface area contributed by atoms with Gasteiger partial charge >= 0.3 is 0 Å². The highest BCUT2D eigenvalue weighted by molar-refractivity contribution is 4.84. The van der Waals surface area contributed by atoms with E-state index in [1.165, 1.54) is 0 Å². The van der Waals surface area contributed by atoms with E-state index in [9.17, 15) is 0 Å². The standard InChI is InChI=1S/C11H21N3O2/c1-3-5-11-13-10(14-16-11)9-15-8-7-12-6-4-2/h12H,3-9H2,1-2H3. The van der Waals surface area contributed by atoms with Gasteiger partial charge in [-0.2, -0.15) is 4.98 Å². The molecule has 1 rings (SSSR count). The maximum absolute atomic E-state index is 5.41. The van der Waals surface area contributed by atoms with Gasteiger partial charge in [0.05, 0.1) is 6.61 Å². The van der Waals surface area contributed by atoms with Gasteiger partial charge in [-0.05, 0) is 19.4 Å². The molecule has 1 aromatic rings. The van der Waals surface area contributed by atoms with Crippen LogP contribution >= 0.6 is 0 Å². The summed E-state index contributed by atoms with van der Waals surface area (Å²) in [5.41, 5.74) is 0. The summed E-state index contributed by atoms with van der Waals surface area (Å²) in [5.74, 6) is 1.34. The first-order valence-electron chi connectivity index (χ1n) is 5.96. The van der Waals surface area contributed by atoms with Gasteiger partial charge in [-0.15, -0.1) is 0 Å². The van der Waals surface area contributed by atoms with Crippen LogP contribution in [0.25, 0.3) is 0 Å². The number of nitrogens with one attached hydrogen (secondary N) is 1. The van der Waals surface area contributed by atoms with Gasteiger partial charge in [-0.25, -0.2) is 0 Å². The molecule has 0 radical (unpaired) electrons. The van der Waals surface area contributed by atoms with Gasteiger partial charge in [0.15, 0.2) is 5.82 Å². The third-order valence-corrected chi connectivity index (χ3v) is 2.06. The molecule has 0 bridgehead atoms. The van der Waals surface area contributed by atoms with Crippen LogP contribution in [-0.2, 0) is 17.8 Å². The molecule has 0 aliphatic rings. The molecule has 0 atom stereocenters. The molecule has 5 heteroatoms. The lowest BCUT2D eigenvalue weighted by Gasteiger charge is -2.02. The SMILES string of the molecule is CCCNCCOCc1noc(CCC)n1. The van der Waals surface area contributed by atoms with Crippen LogP contribution < -0.4 is 5.32 Å². The average molecular weight is 227 g/mol. The Morgan fingerprint density at radius 3 is 2.88 bits per heavy atom. The van der Waals surface area contributed by atoms with Crippen LogP contribution in [0.15, 0.2) is 4.52 Å². The van der Waals surface area contributed by atoms with E-state index >= 15 is 0 Å². The Morgan fingerprint density at radius 2 is 2.12 bits per heavy atom. The highest BCUT2D eigenvalue weighted by Crippen LogP contribution is 2.01. The van der Waals surface area contributed by atoms with Crippen LogP contribution in [0.3, 0.4) is 0 Å². The molecule has 1 heterocycles. The highest BCUT2D eigenvalue weighted by atomic mass is 16.5. The van der Waals surface area contributed by atoms with Gasteiger partial charge in [0.1, 0.15) is 6.61 Å². The van der Waals surface area contributed by atoms with Crippen LogP contribution in [0.2, 0.25) is 0 Å². The first-order chi connectivity index (χ1) is 7.86. The molecule has 1 N–H and O–H groups in total. The van der Waals surface area contributed by atoms with Crippen LogP contribution in [0.1, 0.15) is 38.4 Å². The number of aromatic nitrogens is 2. The van der Waals surface area contributed by atoms with Crippen LogP contribution in [0.5, 0.6) is 0 Å². The van der Waals surface area contributed by atoms with Crippen LogP contribution in [-0.4, -0.2) is 29.8 Å². The Hall–Kier alpha value is -0.940. The Balaban J connectivity index is 2.07. The minimum absolute atomic E-state index is 0.432. The molecule has 1 aromatic heterocycles. The second-order valence-corrected chi connectivity index (χ2v) is 3.66. The zero-order chi connectivity index (χ0) is 11.6. The molecule has 16 heavy (non-hydrogen) atoms. The van der Waals surface area contributed by atoms with E-state index in [1.807, 2.05) is 0 Å². The Kier molecular flexibility index (Phi) is 6.76. The first-order valence-corrected chi connectivity index (χ1v) is 5.96. The van der Waals surface area contributed by atoms with Crippen molar-refractivity contribution in [1.82, 2.24) is 15.5 Å². The molecular formula is C11H21N3O2. The summed E-state index contributed by atoms with van der Waals surface area (Å²) < 4.78 is 10.5. The van der Waals surface area contributed by atoms with E-state index in [-0.39, 0.29) is 0 Å². The Morgan fingerprint density at radius 1 is 1.25 bits per heavy atom. The van der Waals surface area contributed by atoms with Gasteiger partial charge in [-0.1, -0.05) is 19.0 Å². The van der Waals surface area contributed by atoms with Crippen molar-refractivity contribution in [3.05, 3.63) is 11.7 Å². The molecule has 0 aliphatic carbocycles. The van der Waals surface area contributed by atoms with Crippen LogP contribution in [0.4, 0.5) is 0 Å². The summed E-state index contributed by atoms with van der Waals surface area (Å²) in [5, 5.41) is 7.09. The highest BCUT2D eigenvalue weighted by Gasteiger charge is 2.04. The van der Waals surface area contributed by atoms with Crippen molar-refractivity contribution >= 4 is 0 Å². The van der Waals surface area contributed by atoms with E-state index in [1.54, 1.807) is 0 Å². The molecule has 0 saturated carbocycles. The van der Waals surface area contributed by atoms with Gasteiger partial charge in [0, 0.05) is 13.0 Å². The summed E-state index contributed by atoms with van der Waals surface area (Å²) in [6.45, 7) is 7.24. The van der Waals surface area contributed by atoms with Crippen molar-refractivity contribution in [3.8, 4) is 0 Å². The number of rotatable bonds is 9. The van der Waals surface area contributed by atoms with E-state index in [0.29, 0.717) is 24.9 Å². The fraction of sp³-hybridized carbons (Fsp3) is 0.818. The normalized spacial score (nSPS) is 10.9. The Labute approximate surface area is 96.6 Å². The summed E-state index contributed by atoms with van der Waals surface area (Å²) in [6.07, 6.45) is 3.00. The number of aryl methyl sites for hydroxylation is 1. The summed E-state index contributed by atoms with van der Waals surface area (Å²) >= 11 is 0. The largest absolute Gasteiger partial charge is 0.372 e. The topological polar surface area (TPSA) is 60.2 Å². The predicted octanol–water partition coefficient (Wildman–Crippen LogP) is 1.54. The van der Waals surface area contributed by atoms with Crippen LogP contribution in [0, 0.1) is 0 Å². The summed E-state index contributed by atoms with van der Waals surface area (Å²) in [7, 11) is 0. The molecule has 0 saturated heterocycles. The average Bonchev–Trinajstić information content (AvgIpc) is 2.72. The van der Waals surface area contributed by atoms with Gasteiger partial charge in [-0.3, -0.25) is 0 Å².